The van der Waals surface area contributed by atoms with Crippen molar-refractivity contribution in [3.63, 3.8) is 0 Å². The van der Waals surface area contributed by atoms with E-state index in [1.165, 1.54) is 0 Å². The Balaban J connectivity index is -0.0000000232. The average Bonchev–Trinajstić information content (AvgIpc) is 1.77. The minimum absolute atomic E-state index is 0. The smallest absolute Gasteiger partial charge is 0.822 e. The molecule has 0 amide bonds. The van der Waals surface area contributed by atoms with E-state index in [0.717, 1.165) is 6.92 Å². The summed E-state index contributed by atoms with van der Waals surface area (Å²) in [5.74, 6) is -0.630. The molecule has 0 aliphatic heterocycles. The van der Waals surface area contributed by atoms with Gasteiger partial charge in [0.15, 0.2) is 5.78 Å². The minimum atomic E-state index is -5.39. The van der Waals surface area contributed by atoms with Gasteiger partial charge < -0.3 is 54.2 Å². The molecule has 0 radical (unpaired) electrons. The molecule has 0 aromatic rings. The third-order valence-electron chi connectivity index (χ3n) is 0.364. The molecule has 0 unspecified atom stereocenters. The molecule has 0 spiro atoms. The number of aliphatic hydroxyl groups is 2. The minimum Gasteiger partial charge on any atom is -0.822 e. The number of phosphoric acid groups is 2. The summed E-state index contributed by atoms with van der Waals surface area (Å²) >= 11 is 0. The second-order valence-electron chi connectivity index (χ2n) is 1.88. The SMILES string of the molecule is CC(=O)C(O)O.O.O=P([O-])([O-])[O-].O=P([O-])([O-])[O-].[Mg+2].[Mg+2].[Mg+2]. The van der Waals surface area contributed by atoms with Crippen LogP contribution in [-0.4, -0.2) is 96.9 Å². The van der Waals surface area contributed by atoms with Crippen LogP contribution in [0.2, 0.25) is 0 Å². The number of rotatable bonds is 1. The Hall–Kier alpha value is 2.07. The first-order valence-corrected chi connectivity index (χ1v) is 5.89. The van der Waals surface area contributed by atoms with Crippen LogP contribution in [0, 0.1) is 0 Å². The molecule has 0 aromatic heterocycles. The normalized spacial score (nSPS) is 8.70. The van der Waals surface area contributed by atoms with Crippen LogP contribution in [0.25, 0.3) is 0 Å². The molecule has 0 saturated heterocycles. The topological polar surface area (TPSA) is 262 Å². The van der Waals surface area contributed by atoms with E-state index < -0.39 is 27.7 Å². The number of hydrogen-bond acceptors (Lipinski definition) is 11. The zero-order chi connectivity index (χ0) is 14.2. The summed E-state index contributed by atoms with van der Waals surface area (Å²) in [6.45, 7) is 1.10. The van der Waals surface area contributed by atoms with E-state index in [0.29, 0.717) is 0 Å². The maximum absolute atomic E-state index is 9.64. The second kappa shape index (κ2) is 21.1. The summed E-state index contributed by atoms with van der Waals surface area (Å²) in [7, 11) is -10.8. The van der Waals surface area contributed by atoms with E-state index in [1.54, 1.807) is 0 Å². The van der Waals surface area contributed by atoms with Crippen molar-refractivity contribution < 1.29 is 59.0 Å². The van der Waals surface area contributed by atoms with E-state index in [-0.39, 0.29) is 74.6 Å². The fourth-order valence-electron chi connectivity index (χ4n) is 0. The summed E-state index contributed by atoms with van der Waals surface area (Å²) in [6.07, 6.45) is -1.79. The van der Waals surface area contributed by atoms with Gasteiger partial charge in [-0.3, -0.25) is 4.79 Å². The maximum atomic E-state index is 9.64. The molecular formula is C3H8Mg3O12P2. The summed E-state index contributed by atoms with van der Waals surface area (Å²) in [4.78, 5) is 60.9. The van der Waals surface area contributed by atoms with Gasteiger partial charge in [-0.05, 0) is 6.92 Å². The zero-order valence-electron chi connectivity index (χ0n) is 10.2. The van der Waals surface area contributed by atoms with Gasteiger partial charge in [-0.25, -0.2) is 0 Å². The van der Waals surface area contributed by atoms with Crippen LogP contribution in [0.1, 0.15) is 6.92 Å². The molecule has 4 N–H and O–H groups in total. The number of Topliss-reactive ketones (excluding diaryl/α,β-unsaturated/α-hetero) is 1. The monoisotopic (exact) mass is 370 g/mol. The van der Waals surface area contributed by atoms with E-state index in [9.17, 15) is 4.79 Å². The van der Waals surface area contributed by atoms with Gasteiger partial charge in [-0.1, -0.05) is 0 Å². The number of aliphatic hydroxyl groups excluding tert-OH is 1. The van der Waals surface area contributed by atoms with Crippen molar-refractivity contribution in [3.05, 3.63) is 0 Å². The van der Waals surface area contributed by atoms with E-state index in [4.69, 9.17) is 48.7 Å². The summed E-state index contributed by atoms with van der Waals surface area (Å²) in [6, 6.07) is 0. The number of carbonyl (C=O) groups excluding carboxylic acids is 1. The molecule has 0 aliphatic rings. The van der Waals surface area contributed by atoms with Crippen LogP contribution >= 0.6 is 15.6 Å². The van der Waals surface area contributed by atoms with Crippen LogP contribution in [-0.2, 0) is 13.9 Å². The first kappa shape index (κ1) is 43.1. The Bertz CT molecular complexity index is 247. The Morgan fingerprint density at radius 2 is 0.900 bits per heavy atom. The van der Waals surface area contributed by atoms with Crippen LogP contribution in [0.4, 0.5) is 0 Å². The predicted octanol–water partition coefficient (Wildman–Crippen LogP) is -8.73. The molecule has 0 atom stereocenters. The van der Waals surface area contributed by atoms with Crippen LogP contribution in [0.5, 0.6) is 0 Å². The first-order chi connectivity index (χ1) is 6.64. The van der Waals surface area contributed by atoms with Gasteiger partial charge in [0.2, 0.25) is 6.29 Å². The van der Waals surface area contributed by atoms with Gasteiger partial charge in [0.1, 0.15) is 0 Å². The molecule has 17 heteroatoms. The Morgan fingerprint density at radius 3 is 0.900 bits per heavy atom. The van der Waals surface area contributed by atoms with Gasteiger partial charge in [-0.15, -0.1) is 0 Å². The van der Waals surface area contributed by atoms with Crippen LogP contribution in [0.15, 0.2) is 0 Å². The Kier molecular flexibility index (Phi) is 45.4. The summed E-state index contributed by atoms with van der Waals surface area (Å²) < 4.78 is 17.1. The second-order valence-corrected chi connectivity index (χ2v) is 3.67. The molecule has 12 nitrogen and oxygen atoms in total. The maximum Gasteiger partial charge on any atom is 2.00 e. The molecule has 0 aromatic carbocycles. The third kappa shape index (κ3) is 198. The number of hydrogen-bond donors (Lipinski definition) is 2. The van der Waals surface area contributed by atoms with E-state index in [1.807, 2.05) is 0 Å². The molecule has 0 rings (SSSR count). The van der Waals surface area contributed by atoms with E-state index in [2.05, 4.69) is 0 Å². The standard InChI is InChI=1S/C3H6O3.3Mg.2H3O4P.H2O/c1-2(4)3(5)6;;;;2*1-5(2,3)4;/h3,5-6H,1H3;;;;2*(H3,1,2,3,4);1H2/q;3*+2;;;/p-6. The molecule has 0 aliphatic carbocycles. The van der Waals surface area contributed by atoms with Gasteiger partial charge in [0.05, 0.1) is 0 Å². The quantitative estimate of drug-likeness (QED) is 0.248. The average molecular weight is 371 g/mol. The van der Waals surface area contributed by atoms with Crippen LogP contribution < -0.4 is 29.4 Å². The van der Waals surface area contributed by atoms with Crippen molar-refractivity contribution >= 4 is 90.6 Å². The fourth-order valence-corrected chi connectivity index (χ4v) is 0. The van der Waals surface area contributed by atoms with Crippen molar-refractivity contribution in [2.45, 2.75) is 13.2 Å². The number of carbonyl (C=O) groups is 1. The Labute approximate surface area is 161 Å². The molecule has 108 valence electrons. The first-order valence-electron chi connectivity index (χ1n) is 2.97. The summed E-state index contributed by atoms with van der Waals surface area (Å²) in [5, 5.41) is 15.7. The molecule has 0 heterocycles. The summed E-state index contributed by atoms with van der Waals surface area (Å²) in [5.41, 5.74) is 0. The van der Waals surface area contributed by atoms with Crippen molar-refractivity contribution in [2.24, 2.45) is 0 Å². The van der Waals surface area contributed by atoms with Gasteiger partial charge in [-0.2, -0.15) is 15.6 Å². The Morgan fingerprint density at radius 1 is 0.850 bits per heavy atom. The zero-order valence-corrected chi connectivity index (χ0v) is 16.2. The molecule has 0 bridgehead atoms. The number of ketones is 1. The molecule has 20 heavy (non-hydrogen) atoms. The van der Waals surface area contributed by atoms with Gasteiger partial charge in [0, 0.05) is 0 Å². The molecule has 0 fully saturated rings. The van der Waals surface area contributed by atoms with Gasteiger partial charge >= 0.3 is 69.2 Å². The van der Waals surface area contributed by atoms with Crippen molar-refractivity contribution in [1.82, 2.24) is 0 Å². The van der Waals surface area contributed by atoms with Crippen molar-refractivity contribution in [3.8, 4) is 0 Å². The fraction of sp³-hybridized carbons (Fsp3) is 0.667. The van der Waals surface area contributed by atoms with Crippen molar-refractivity contribution in [2.75, 3.05) is 0 Å². The van der Waals surface area contributed by atoms with Crippen LogP contribution in [0.3, 0.4) is 0 Å². The third-order valence-corrected chi connectivity index (χ3v) is 0.364. The largest absolute Gasteiger partial charge is 2.00 e. The van der Waals surface area contributed by atoms with Gasteiger partial charge in [0.25, 0.3) is 0 Å². The van der Waals surface area contributed by atoms with Crippen molar-refractivity contribution in [1.29, 1.82) is 0 Å². The van der Waals surface area contributed by atoms with E-state index >= 15 is 0 Å². The molecule has 0 saturated carbocycles. The predicted molar refractivity (Wildman–Crippen MR) is 55.0 cm³/mol. The molecular weight excluding hydrogens is 363 g/mol.